The van der Waals surface area contributed by atoms with Gasteiger partial charge in [0.15, 0.2) is 5.82 Å². The summed E-state index contributed by atoms with van der Waals surface area (Å²) in [5, 5.41) is 14.4. The third-order valence-corrected chi connectivity index (χ3v) is 4.95. The summed E-state index contributed by atoms with van der Waals surface area (Å²) >= 11 is 0. The van der Waals surface area contributed by atoms with Gasteiger partial charge in [-0.25, -0.2) is 9.97 Å². The normalized spacial score (nSPS) is 16.7. The molecular weight excluding hydrogens is 368 g/mol. The summed E-state index contributed by atoms with van der Waals surface area (Å²) in [6, 6.07) is 5.61. The van der Waals surface area contributed by atoms with Crippen molar-refractivity contribution >= 4 is 23.6 Å². The number of rotatable bonds is 5. The Hall–Kier alpha value is -3.49. The Bertz CT molecular complexity index is 1050. The van der Waals surface area contributed by atoms with Gasteiger partial charge in [0.25, 0.3) is 0 Å². The highest BCUT2D eigenvalue weighted by atomic mass is 16.2. The summed E-state index contributed by atoms with van der Waals surface area (Å²) in [5.41, 5.74) is 2.69. The average Bonchev–Trinajstić information content (AvgIpc) is 3.41. The molecule has 0 saturated carbocycles. The van der Waals surface area contributed by atoms with E-state index in [1.165, 1.54) is 0 Å². The van der Waals surface area contributed by atoms with Crippen LogP contribution in [0.1, 0.15) is 41.8 Å². The van der Waals surface area contributed by atoms with Gasteiger partial charge in [0.1, 0.15) is 11.6 Å². The van der Waals surface area contributed by atoms with Gasteiger partial charge in [-0.3, -0.25) is 14.6 Å². The van der Waals surface area contributed by atoms with Gasteiger partial charge in [0.05, 0.1) is 17.4 Å². The second kappa shape index (κ2) is 7.86. The lowest BCUT2D eigenvalue weighted by Crippen LogP contribution is -2.29. The zero-order valence-electron chi connectivity index (χ0n) is 16.8. The van der Waals surface area contributed by atoms with Crippen molar-refractivity contribution in [2.45, 2.75) is 32.7 Å². The molecule has 4 rings (SSSR count). The molecular formula is C20H24N8O. The predicted octanol–water partition coefficient (Wildman–Crippen LogP) is 2.67. The van der Waals surface area contributed by atoms with Gasteiger partial charge in [0.2, 0.25) is 5.91 Å². The van der Waals surface area contributed by atoms with E-state index in [1.54, 1.807) is 23.0 Å². The second-order valence-corrected chi connectivity index (χ2v) is 7.19. The minimum absolute atomic E-state index is 0.0256. The van der Waals surface area contributed by atoms with Crippen LogP contribution in [0, 0.1) is 13.8 Å². The number of aryl methyl sites for hydroxylation is 3. The molecule has 0 aromatic carbocycles. The van der Waals surface area contributed by atoms with Crippen LogP contribution < -0.4 is 5.32 Å². The summed E-state index contributed by atoms with van der Waals surface area (Å²) in [6.45, 7) is 4.51. The van der Waals surface area contributed by atoms with Crippen LogP contribution in [-0.2, 0) is 11.8 Å². The fourth-order valence-electron chi connectivity index (χ4n) is 3.58. The number of nitrogens with zero attached hydrogens (tertiary/aromatic N) is 6. The quantitative estimate of drug-likeness (QED) is 0.647. The van der Waals surface area contributed by atoms with Crippen LogP contribution >= 0.6 is 0 Å². The third kappa shape index (κ3) is 4.18. The zero-order chi connectivity index (χ0) is 20.4. The monoisotopic (exact) mass is 392 g/mol. The van der Waals surface area contributed by atoms with Gasteiger partial charge >= 0.3 is 0 Å². The lowest BCUT2D eigenvalue weighted by atomic mass is 10.1. The number of amides is 1. The van der Waals surface area contributed by atoms with Crippen molar-refractivity contribution in [3.8, 4) is 0 Å². The summed E-state index contributed by atoms with van der Waals surface area (Å²) < 4.78 is 1.73. The maximum Gasteiger partial charge on any atom is 0.247 e. The molecule has 3 aromatic heterocycles. The minimum Gasteiger partial charge on any atom is -0.331 e. The van der Waals surface area contributed by atoms with Crippen LogP contribution in [0.3, 0.4) is 0 Å². The Labute approximate surface area is 168 Å². The fourth-order valence-corrected chi connectivity index (χ4v) is 3.58. The topological polar surface area (TPSA) is 105 Å². The molecule has 1 aliphatic heterocycles. The Morgan fingerprint density at radius 3 is 2.86 bits per heavy atom. The SMILES string of the molecule is Cc1nc(Nc2cc(C)[nH]n2)cc([C@@H]2CCCN2C(=O)/C=C/c2ccnn2C)n1. The van der Waals surface area contributed by atoms with Crippen LogP contribution in [0.2, 0.25) is 0 Å². The van der Waals surface area contributed by atoms with Crippen molar-refractivity contribution < 1.29 is 4.79 Å². The van der Waals surface area contributed by atoms with E-state index in [9.17, 15) is 4.79 Å². The molecule has 29 heavy (non-hydrogen) atoms. The number of carbonyl (C=O) groups excluding carboxylic acids is 1. The number of anilines is 2. The number of hydrogen-bond donors (Lipinski definition) is 2. The Kier molecular flexibility index (Phi) is 5.11. The van der Waals surface area contributed by atoms with E-state index in [0.717, 1.165) is 29.9 Å². The molecule has 150 valence electrons. The molecule has 2 N–H and O–H groups in total. The van der Waals surface area contributed by atoms with E-state index in [-0.39, 0.29) is 11.9 Å². The second-order valence-electron chi connectivity index (χ2n) is 7.19. The average molecular weight is 392 g/mol. The molecule has 0 spiro atoms. The minimum atomic E-state index is -0.0677. The highest BCUT2D eigenvalue weighted by Crippen LogP contribution is 2.32. The molecule has 1 atom stereocenters. The summed E-state index contributed by atoms with van der Waals surface area (Å²) in [7, 11) is 1.85. The molecule has 4 heterocycles. The van der Waals surface area contributed by atoms with Gasteiger partial charge in [-0.2, -0.15) is 10.2 Å². The molecule has 0 bridgehead atoms. The number of H-pyrrole nitrogens is 1. The maximum absolute atomic E-state index is 12.8. The van der Waals surface area contributed by atoms with Gasteiger partial charge in [-0.1, -0.05) is 0 Å². The molecule has 1 fully saturated rings. The Balaban J connectivity index is 1.54. The van der Waals surface area contributed by atoms with Gasteiger partial charge in [-0.15, -0.1) is 0 Å². The predicted molar refractivity (Wildman–Crippen MR) is 109 cm³/mol. The van der Waals surface area contributed by atoms with Crippen molar-refractivity contribution in [1.82, 2.24) is 34.8 Å². The largest absolute Gasteiger partial charge is 0.331 e. The van der Waals surface area contributed by atoms with Gasteiger partial charge < -0.3 is 10.2 Å². The first-order valence-electron chi connectivity index (χ1n) is 9.61. The Morgan fingerprint density at radius 1 is 1.28 bits per heavy atom. The van der Waals surface area contributed by atoms with Crippen molar-refractivity contribution in [2.75, 3.05) is 11.9 Å². The standard InChI is InChI=1S/C20H24N8O/c1-13-11-19(26-25-13)24-18-12-16(22-14(2)23-18)17-5-4-10-28(17)20(29)7-6-15-8-9-21-27(15)3/h6-9,11-12,17H,4-5,10H2,1-3H3,(H2,22,23,24,25,26)/b7-6+/t17-/m0/s1. The first-order valence-corrected chi connectivity index (χ1v) is 9.61. The number of carbonyl (C=O) groups is 1. The van der Waals surface area contributed by atoms with Crippen molar-refractivity contribution in [3.05, 3.63) is 53.4 Å². The van der Waals surface area contributed by atoms with Crippen LogP contribution in [0.15, 0.2) is 30.5 Å². The summed E-state index contributed by atoms with van der Waals surface area (Å²) in [6.07, 6.45) is 6.93. The molecule has 3 aromatic rings. The molecule has 9 heteroatoms. The van der Waals surface area contributed by atoms with Crippen LogP contribution in [0.5, 0.6) is 0 Å². The Morgan fingerprint density at radius 2 is 2.14 bits per heavy atom. The molecule has 9 nitrogen and oxygen atoms in total. The van der Waals surface area contributed by atoms with E-state index in [4.69, 9.17) is 0 Å². The molecule has 1 aliphatic rings. The molecule has 1 saturated heterocycles. The van der Waals surface area contributed by atoms with Crippen LogP contribution in [-0.4, -0.2) is 47.3 Å². The molecule has 1 amide bonds. The van der Waals surface area contributed by atoms with E-state index >= 15 is 0 Å². The number of aromatic nitrogens is 6. The number of likely N-dealkylation sites (tertiary alicyclic amines) is 1. The summed E-state index contributed by atoms with van der Waals surface area (Å²) in [4.78, 5) is 23.8. The highest BCUT2D eigenvalue weighted by Gasteiger charge is 2.30. The van der Waals surface area contributed by atoms with E-state index in [0.29, 0.717) is 24.0 Å². The maximum atomic E-state index is 12.8. The number of nitrogens with one attached hydrogen (secondary N) is 2. The fraction of sp³-hybridized carbons (Fsp3) is 0.350. The smallest absolute Gasteiger partial charge is 0.247 e. The first-order chi connectivity index (χ1) is 14.0. The van der Waals surface area contributed by atoms with E-state index < -0.39 is 0 Å². The third-order valence-electron chi connectivity index (χ3n) is 4.95. The van der Waals surface area contributed by atoms with Crippen LogP contribution in [0.25, 0.3) is 6.08 Å². The number of aromatic amines is 1. The zero-order valence-corrected chi connectivity index (χ0v) is 16.8. The van der Waals surface area contributed by atoms with Crippen LogP contribution in [0.4, 0.5) is 11.6 Å². The van der Waals surface area contributed by atoms with Crippen molar-refractivity contribution in [3.63, 3.8) is 0 Å². The van der Waals surface area contributed by atoms with E-state index in [1.807, 2.05) is 44.0 Å². The van der Waals surface area contributed by atoms with Gasteiger partial charge in [0, 0.05) is 43.7 Å². The van der Waals surface area contributed by atoms with Crippen molar-refractivity contribution in [2.24, 2.45) is 7.05 Å². The highest BCUT2D eigenvalue weighted by molar-refractivity contribution is 5.92. The summed E-state index contributed by atoms with van der Waals surface area (Å²) in [5.74, 6) is 2.00. The molecule has 0 unspecified atom stereocenters. The molecule has 0 radical (unpaired) electrons. The van der Waals surface area contributed by atoms with E-state index in [2.05, 4.69) is 30.6 Å². The van der Waals surface area contributed by atoms with Gasteiger partial charge in [-0.05, 0) is 38.8 Å². The van der Waals surface area contributed by atoms with Crippen molar-refractivity contribution in [1.29, 1.82) is 0 Å². The lowest BCUT2D eigenvalue weighted by Gasteiger charge is -2.23. The lowest BCUT2D eigenvalue weighted by molar-refractivity contribution is -0.126. The molecule has 0 aliphatic carbocycles. The number of hydrogen-bond acceptors (Lipinski definition) is 6. The first kappa shape index (κ1) is 18.9.